The lowest BCUT2D eigenvalue weighted by Gasteiger charge is -2.15. The largest absolute Gasteiger partial charge is 0.493 e. The first-order valence-electron chi connectivity index (χ1n) is 9.45. The standard InChI is InChI=1S/C22H26N2O3S/c1-2-15-27-22-12-9-18-5-3-4-6-20(18)21(22)16-24-14-13-17-7-10-19(11-8-17)28(23,25)26/h3-12,24H,2,13-16H2,1H3,(H2,23,25,26). The zero-order valence-electron chi connectivity index (χ0n) is 16.0. The minimum Gasteiger partial charge on any atom is -0.493 e. The molecule has 0 aliphatic rings. The molecule has 0 bridgehead atoms. The predicted molar refractivity (Wildman–Crippen MR) is 113 cm³/mol. The van der Waals surface area contributed by atoms with Crippen molar-refractivity contribution in [3.8, 4) is 5.75 Å². The van der Waals surface area contributed by atoms with Gasteiger partial charge in [0.25, 0.3) is 0 Å². The number of nitrogens with two attached hydrogens (primary N) is 1. The summed E-state index contributed by atoms with van der Waals surface area (Å²) in [6.07, 6.45) is 1.76. The van der Waals surface area contributed by atoms with Crippen LogP contribution in [0.15, 0.2) is 65.6 Å². The average molecular weight is 399 g/mol. The molecule has 6 heteroatoms. The highest BCUT2D eigenvalue weighted by atomic mass is 32.2. The first-order chi connectivity index (χ1) is 13.5. The molecule has 28 heavy (non-hydrogen) atoms. The van der Waals surface area contributed by atoms with Gasteiger partial charge in [0, 0.05) is 12.1 Å². The molecule has 0 aliphatic carbocycles. The van der Waals surface area contributed by atoms with Gasteiger partial charge in [0.15, 0.2) is 0 Å². The first kappa shape index (κ1) is 20.3. The molecule has 0 saturated heterocycles. The molecule has 0 saturated carbocycles. The van der Waals surface area contributed by atoms with E-state index >= 15 is 0 Å². The molecule has 5 nitrogen and oxygen atoms in total. The van der Waals surface area contributed by atoms with Gasteiger partial charge < -0.3 is 10.1 Å². The third-order valence-electron chi connectivity index (χ3n) is 4.60. The maximum Gasteiger partial charge on any atom is 0.238 e. The normalized spacial score (nSPS) is 11.6. The third-order valence-corrected chi connectivity index (χ3v) is 5.53. The number of hydrogen-bond donors (Lipinski definition) is 2. The Kier molecular flexibility index (Phi) is 6.67. The average Bonchev–Trinajstić information content (AvgIpc) is 2.69. The Morgan fingerprint density at radius 2 is 1.75 bits per heavy atom. The van der Waals surface area contributed by atoms with E-state index in [9.17, 15) is 8.42 Å². The van der Waals surface area contributed by atoms with E-state index in [0.717, 1.165) is 36.3 Å². The molecule has 3 rings (SSSR count). The molecular formula is C22H26N2O3S. The number of nitrogens with one attached hydrogen (secondary N) is 1. The maximum atomic E-state index is 11.3. The highest BCUT2D eigenvalue weighted by Crippen LogP contribution is 2.28. The number of hydrogen-bond acceptors (Lipinski definition) is 4. The fourth-order valence-electron chi connectivity index (χ4n) is 3.14. The summed E-state index contributed by atoms with van der Waals surface area (Å²) in [4.78, 5) is 0.137. The van der Waals surface area contributed by atoms with Crippen LogP contribution in [0.1, 0.15) is 24.5 Å². The molecule has 0 amide bonds. The zero-order valence-corrected chi connectivity index (χ0v) is 16.8. The molecule has 0 aromatic heterocycles. The van der Waals surface area contributed by atoms with Crippen molar-refractivity contribution in [3.05, 3.63) is 71.8 Å². The summed E-state index contributed by atoms with van der Waals surface area (Å²) < 4.78 is 28.6. The van der Waals surface area contributed by atoms with Crippen molar-refractivity contribution in [1.29, 1.82) is 0 Å². The van der Waals surface area contributed by atoms with Gasteiger partial charge in [0.2, 0.25) is 10.0 Å². The maximum absolute atomic E-state index is 11.3. The summed E-state index contributed by atoms with van der Waals surface area (Å²) >= 11 is 0. The Balaban J connectivity index is 1.66. The molecule has 0 aliphatic heterocycles. The first-order valence-corrected chi connectivity index (χ1v) is 11.0. The van der Waals surface area contributed by atoms with Crippen LogP contribution in [-0.4, -0.2) is 21.6 Å². The van der Waals surface area contributed by atoms with Crippen LogP contribution < -0.4 is 15.2 Å². The Hall–Kier alpha value is -2.41. The van der Waals surface area contributed by atoms with E-state index in [1.165, 1.54) is 10.8 Å². The van der Waals surface area contributed by atoms with Crippen molar-refractivity contribution < 1.29 is 13.2 Å². The van der Waals surface area contributed by atoms with Crippen LogP contribution in [0.25, 0.3) is 10.8 Å². The van der Waals surface area contributed by atoms with Gasteiger partial charge >= 0.3 is 0 Å². The van der Waals surface area contributed by atoms with E-state index < -0.39 is 10.0 Å². The van der Waals surface area contributed by atoms with Crippen molar-refractivity contribution in [3.63, 3.8) is 0 Å². The lowest BCUT2D eigenvalue weighted by atomic mass is 10.0. The van der Waals surface area contributed by atoms with Crippen LogP contribution in [0, 0.1) is 0 Å². The number of ether oxygens (including phenoxy) is 1. The highest BCUT2D eigenvalue weighted by Gasteiger charge is 2.09. The molecule has 0 heterocycles. The second-order valence-corrected chi connectivity index (χ2v) is 8.29. The smallest absolute Gasteiger partial charge is 0.238 e. The van der Waals surface area contributed by atoms with Crippen LogP contribution >= 0.6 is 0 Å². The molecule has 0 spiro atoms. The van der Waals surface area contributed by atoms with Gasteiger partial charge in [-0.2, -0.15) is 0 Å². The molecule has 0 radical (unpaired) electrons. The minimum atomic E-state index is -3.64. The summed E-state index contributed by atoms with van der Waals surface area (Å²) in [6.45, 7) is 4.27. The van der Waals surface area contributed by atoms with Crippen LogP contribution in [0.4, 0.5) is 0 Å². The molecule has 3 aromatic rings. The molecule has 0 fully saturated rings. The second-order valence-electron chi connectivity index (χ2n) is 6.73. The second kappa shape index (κ2) is 9.19. The summed E-state index contributed by atoms with van der Waals surface area (Å²) in [5, 5.41) is 11.0. The van der Waals surface area contributed by atoms with Crippen molar-refractivity contribution in [2.45, 2.75) is 31.2 Å². The Morgan fingerprint density at radius 3 is 2.46 bits per heavy atom. The van der Waals surface area contributed by atoms with E-state index in [1.54, 1.807) is 24.3 Å². The Labute approximate surface area is 166 Å². The SMILES string of the molecule is CCCOc1ccc2ccccc2c1CNCCc1ccc(S(N)(=O)=O)cc1. The van der Waals surface area contributed by atoms with E-state index in [1.807, 2.05) is 18.2 Å². The Bertz CT molecular complexity index is 1030. The van der Waals surface area contributed by atoms with Gasteiger partial charge in [0.1, 0.15) is 5.75 Å². The molecular weight excluding hydrogens is 372 g/mol. The molecule has 3 N–H and O–H groups in total. The summed E-state index contributed by atoms with van der Waals surface area (Å²) in [7, 11) is -3.64. The topological polar surface area (TPSA) is 81.4 Å². The van der Waals surface area contributed by atoms with Crippen LogP contribution in [-0.2, 0) is 23.0 Å². The van der Waals surface area contributed by atoms with Gasteiger partial charge in [-0.1, -0.05) is 49.4 Å². The van der Waals surface area contributed by atoms with Gasteiger partial charge in [0.05, 0.1) is 11.5 Å². The van der Waals surface area contributed by atoms with Gasteiger partial charge in [-0.3, -0.25) is 0 Å². The van der Waals surface area contributed by atoms with Crippen LogP contribution in [0.3, 0.4) is 0 Å². The number of rotatable bonds is 9. The lowest BCUT2D eigenvalue weighted by Crippen LogP contribution is -2.18. The van der Waals surface area contributed by atoms with Crippen molar-refractivity contribution in [2.75, 3.05) is 13.2 Å². The van der Waals surface area contributed by atoms with E-state index in [-0.39, 0.29) is 4.90 Å². The van der Waals surface area contributed by atoms with E-state index in [0.29, 0.717) is 13.2 Å². The van der Waals surface area contributed by atoms with Crippen molar-refractivity contribution >= 4 is 20.8 Å². The van der Waals surface area contributed by atoms with Gasteiger partial charge in [-0.25, -0.2) is 13.6 Å². The van der Waals surface area contributed by atoms with Crippen LogP contribution in [0.2, 0.25) is 0 Å². The Morgan fingerprint density at radius 1 is 1.00 bits per heavy atom. The molecule has 3 aromatic carbocycles. The quantitative estimate of drug-likeness (QED) is 0.540. The predicted octanol–water partition coefficient (Wildman–Crippen LogP) is 3.61. The zero-order chi connectivity index (χ0) is 20.0. The van der Waals surface area contributed by atoms with Gasteiger partial charge in [-0.15, -0.1) is 0 Å². The van der Waals surface area contributed by atoms with E-state index in [4.69, 9.17) is 9.88 Å². The molecule has 0 atom stereocenters. The number of fused-ring (bicyclic) bond motifs is 1. The third kappa shape index (κ3) is 5.10. The van der Waals surface area contributed by atoms with Gasteiger partial charge in [-0.05, 0) is 53.9 Å². The number of benzene rings is 3. The molecule has 0 unspecified atom stereocenters. The monoisotopic (exact) mass is 398 g/mol. The highest BCUT2D eigenvalue weighted by molar-refractivity contribution is 7.89. The minimum absolute atomic E-state index is 0.137. The fourth-order valence-corrected chi connectivity index (χ4v) is 3.65. The number of sulfonamides is 1. The van der Waals surface area contributed by atoms with Crippen LogP contribution in [0.5, 0.6) is 5.75 Å². The fraction of sp³-hybridized carbons (Fsp3) is 0.273. The van der Waals surface area contributed by atoms with E-state index in [2.05, 4.69) is 30.4 Å². The van der Waals surface area contributed by atoms with Crippen molar-refractivity contribution in [1.82, 2.24) is 5.32 Å². The molecule has 148 valence electrons. The lowest BCUT2D eigenvalue weighted by molar-refractivity contribution is 0.314. The van der Waals surface area contributed by atoms with Crippen molar-refractivity contribution in [2.24, 2.45) is 5.14 Å². The summed E-state index contributed by atoms with van der Waals surface area (Å²) in [5.41, 5.74) is 2.22. The summed E-state index contributed by atoms with van der Waals surface area (Å²) in [6, 6.07) is 19.1. The number of primary sulfonamides is 1. The summed E-state index contributed by atoms with van der Waals surface area (Å²) in [5.74, 6) is 0.922.